The van der Waals surface area contributed by atoms with Crippen molar-refractivity contribution in [3.63, 3.8) is 0 Å². The number of methoxy groups -OCH3 is 1. The van der Waals surface area contributed by atoms with Crippen molar-refractivity contribution in [1.29, 1.82) is 0 Å². The molecule has 7 heteroatoms. The molecule has 0 saturated heterocycles. The lowest BCUT2D eigenvalue weighted by molar-refractivity contribution is -0.677. The first-order valence-electron chi connectivity index (χ1n) is 8.15. The van der Waals surface area contributed by atoms with Crippen LogP contribution in [0.2, 0.25) is 0 Å². The van der Waals surface area contributed by atoms with E-state index in [1.807, 2.05) is 53.8 Å². The van der Waals surface area contributed by atoms with Gasteiger partial charge in [-0.15, -0.1) is 11.6 Å². The highest BCUT2D eigenvalue weighted by Gasteiger charge is 2.23. The van der Waals surface area contributed by atoms with Crippen molar-refractivity contribution in [2.45, 2.75) is 12.5 Å². The highest BCUT2D eigenvalue weighted by atomic mass is 79.9. The number of benzene rings is 2. The first kappa shape index (κ1) is 20.4. The third kappa shape index (κ3) is 5.83. The fourth-order valence-corrected chi connectivity index (χ4v) is 3.15. The molecule has 0 saturated carbocycles. The van der Waals surface area contributed by atoms with Gasteiger partial charge >= 0.3 is 5.97 Å². The number of carbonyl (C=O) groups is 2. The lowest BCUT2D eigenvalue weighted by Crippen LogP contribution is -2.87. The molecule has 5 nitrogen and oxygen atoms in total. The summed E-state index contributed by atoms with van der Waals surface area (Å²) < 4.78 is 5.64. The lowest BCUT2D eigenvalue weighted by Gasteiger charge is -2.20. The number of nitrogens with two attached hydrogens (primary N) is 1. The van der Waals surface area contributed by atoms with Crippen LogP contribution in [-0.2, 0) is 14.3 Å². The van der Waals surface area contributed by atoms with Crippen LogP contribution in [0, 0.1) is 0 Å². The molecule has 1 atom stereocenters. The summed E-state index contributed by atoms with van der Waals surface area (Å²) in [6.45, 7) is 0.164. The number of hydrogen-bond acceptors (Lipinski definition) is 3. The Balaban J connectivity index is 2.40. The lowest BCUT2D eigenvalue weighted by atomic mass is 9.97. The van der Waals surface area contributed by atoms with Gasteiger partial charge in [0.05, 0.1) is 12.8 Å². The zero-order valence-corrected chi connectivity index (χ0v) is 16.7. The smallest absolute Gasteiger partial charge is 0.361 e. The van der Waals surface area contributed by atoms with Crippen molar-refractivity contribution in [3.8, 4) is 0 Å². The number of ether oxygens (including phenoxy) is 1. The van der Waals surface area contributed by atoms with E-state index in [0.717, 1.165) is 15.6 Å². The fraction of sp³-hybridized carbons (Fsp3) is 0.263. The van der Waals surface area contributed by atoms with Gasteiger partial charge < -0.3 is 15.4 Å². The molecule has 1 amide bonds. The molecule has 0 aliphatic rings. The number of amides is 1. The SMILES string of the molecule is COC(=O)C[NH2+][C@@H](c1ccccc1)c1cc(Br)ccc1NC(=O)CCCl. The van der Waals surface area contributed by atoms with Crippen LogP contribution in [0.1, 0.15) is 23.6 Å². The van der Waals surface area contributed by atoms with E-state index in [9.17, 15) is 9.59 Å². The van der Waals surface area contributed by atoms with E-state index >= 15 is 0 Å². The Morgan fingerprint density at radius 1 is 1.23 bits per heavy atom. The van der Waals surface area contributed by atoms with Crippen LogP contribution in [0.15, 0.2) is 53.0 Å². The summed E-state index contributed by atoms with van der Waals surface area (Å²) in [6, 6.07) is 15.3. The fourth-order valence-electron chi connectivity index (χ4n) is 2.60. The number of nitrogens with one attached hydrogen (secondary N) is 1. The summed E-state index contributed by atoms with van der Waals surface area (Å²) in [6.07, 6.45) is 0.235. The van der Waals surface area contributed by atoms with Crippen molar-refractivity contribution in [3.05, 3.63) is 64.1 Å². The topological polar surface area (TPSA) is 72.0 Å². The van der Waals surface area contributed by atoms with Crippen LogP contribution in [0.4, 0.5) is 5.69 Å². The number of esters is 1. The summed E-state index contributed by atoms with van der Waals surface area (Å²) in [5.41, 5.74) is 2.60. The standard InChI is InChI=1S/C19H20BrClN2O3/c1-26-18(25)12-22-19(13-5-3-2-4-6-13)15-11-14(20)7-8-16(15)23-17(24)9-10-21/h2-8,11,19,22H,9-10,12H2,1H3,(H,23,24)/p+1/t19-/m0/s1. The van der Waals surface area contributed by atoms with Crippen molar-refractivity contribution in [1.82, 2.24) is 0 Å². The minimum Gasteiger partial charge on any atom is -0.465 e. The van der Waals surface area contributed by atoms with Gasteiger partial charge in [-0.05, 0) is 18.2 Å². The van der Waals surface area contributed by atoms with Crippen molar-refractivity contribution >= 4 is 45.1 Å². The quantitative estimate of drug-likeness (QED) is 0.490. The van der Waals surface area contributed by atoms with Crippen LogP contribution in [0.25, 0.3) is 0 Å². The molecule has 0 heterocycles. The highest BCUT2D eigenvalue weighted by Crippen LogP contribution is 2.29. The highest BCUT2D eigenvalue weighted by molar-refractivity contribution is 9.10. The molecule has 2 aromatic rings. The van der Waals surface area contributed by atoms with Crippen LogP contribution in [-0.4, -0.2) is 31.4 Å². The van der Waals surface area contributed by atoms with E-state index in [4.69, 9.17) is 16.3 Å². The second-order valence-corrected chi connectivity index (χ2v) is 6.92. The number of quaternary nitrogens is 1. The molecule has 138 valence electrons. The number of hydrogen-bond donors (Lipinski definition) is 2. The molecule has 0 radical (unpaired) electrons. The Hall–Kier alpha value is -1.89. The van der Waals surface area contributed by atoms with Crippen LogP contribution in [0.3, 0.4) is 0 Å². The minimum atomic E-state index is -0.311. The van der Waals surface area contributed by atoms with Gasteiger partial charge in [-0.1, -0.05) is 46.3 Å². The van der Waals surface area contributed by atoms with E-state index in [1.54, 1.807) is 0 Å². The maximum atomic E-state index is 12.0. The zero-order valence-electron chi connectivity index (χ0n) is 14.4. The average Bonchev–Trinajstić information content (AvgIpc) is 2.64. The van der Waals surface area contributed by atoms with Gasteiger partial charge in [0.1, 0.15) is 6.04 Å². The van der Waals surface area contributed by atoms with Gasteiger partial charge in [-0.2, -0.15) is 0 Å². The minimum absolute atomic E-state index is 0.150. The third-order valence-electron chi connectivity index (χ3n) is 3.85. The van der Waals surface area contributed by atoms with E-state index < -0.39 is 0 Å². The Morgan fingerprint density at radius 3 is 2.62 bits per heavy atom. The van der Waals surface area contributed by atoms with Crippen LogP contribution in [0.5, 0.6) is 0 Å². The Labute approximate surface area is 166 Å². The summed E-state index contributed by atoms with van der Waals surface area (Å²) in [7, 11) is 1.37. The molecule has 0 aromatic heterocycles. The molecule has 0 aliphatic carbocycles. The van der Waals surface area contributed by atoms with E-state index in [1.165, 1.54) is 7.11 Å². The molecular formula is C19H21BrClN2O3+. The largest absolute Gasteiger partial charge is 0.465 e. The third-order valence-corrected chi connectivity index (χ3v) is 4.53. The first-order valence-corrected chi connectivity index (χ1v) is 9.48. The molecular weight excluding hydrogens is 420 g/mol. The molecule has 26 heavy (non-hydrogen) atoms. The predicted octanol–water partition coefficient (Wildman–Crippen LogP) is 2.84. The van der Waals surface area contributed by atoms with Gasteiger partial charge in [-0.25, -0.2) is 4.79 Å². The van der Waals surface area contributed by atoms with Gasteiger partial charge in [-0.3, -0.25) is 4.79 Å². The molecule has 0 unspecified atom stereocenters. The molecule has 2 aromatic carbocycles. The van der Waals surface area contributed by atoms with Gasteiger partial charge in [0.25, 0.3) is 0 Å². The molecule has 0 spiro atoms. The Kier molecular flexibility index (Phi) is 8.09. The molecule has 0 fully saturated rings. The predicted molar refractivity (Wildman–Crippen MR) is 105 cm³/mol. The summed E-state index contributed by atoms with van der Waals surface area (Å²) in [4.78, 5) is 23.7. The van der Waals surface area contributed by atoms with Gasteiger partial charge in [0.15, 0.2) is 6.54 Å². The average molecular weight is 441 g/mol. The van der Waals surface area contributed by atoms with E-state index in [-0.39, 0.29) is 36.8 Å². The number of carbonyl (C=O) groups excluding carboxylic acids is 2. The van der Waals surface area contributed by atoms with Crippen molar-refractivity contribution in [2.24, 2.45) is 0 Å². The van der Waals surface area contributed by atoms with Crippen molar-refractivity contribution in [2.75, 3.05) is 24.9 Å². The summed E-state index contributed by atoms with van der Waals surface area (Å²) in [5, 5.41) is 4.80. The second kappa shape index (κ2) is 10.3. The zero-order chi connectivity index (χ0) is 18.9. The molecule has 2 rings (SSSR count). The van der Waals surface area contributed by atoms with E-state index in [2.05, 4.69) is 21.2 Å². The van der Waals surface area contributed by atoms with Gasteiger partial charge in [0.2, 0.25) is 5.91 Å². The number of anilines is 1. The number of halogens is 2. The Bertz CT molecular complexity index is 756. The van der Waals surface area contributed by atoms with Gasteiger partial charge in [0, 0.05) is 27.9 Å². The summed E-state index contributed by atoms with van der Waals surface area (Å²) in [5.74, 6) is -0.203. The molecule has 0 aliphatic heterocycles. The molecule has 0 bridgehead atoms. The first-order chi connectivity index (χ1) is 12.5. The van der Waals surface area contributed by atoms with E-state index in [0.29, 0.717) is 5.69 Å². The molecule has 3 N–H and O–H groups in total. The maximum absolute atomic E-state index is 12.0. The number of alkyl halides is 1. The summed E-state index contributed by atoms with van der Waals surface area (Å²) >= 11 is 9.15. The van der Waals surface area contributed by atoms with Crippen molar-refractivity contribution < 1.29 is 19.6 Å². The number of rotatable bonds is 8. The normalized spacial score (nSPS) is 11.7. The second-order valence-electron chi connectivity index (χ2n) is 5.62. The van der Waals surface area contributed by atoms with Crippen LogP contribution >= 0.6 is 27.5 Å². The Morgan fingerprint density at radius 2 is 1.96 bits per heavy atom. The van der Waals surface area contributed by atoms with Crippen LogP contribution < -0.4 is 10.6 Å². The monoisotopic (exact) mass is 439 g/mol. The maximum Gasteiger partial charge on any atom is 0.361 e.